The Labute approximate surface area is 600 Å². The lowest BCUT2D eigenvalue weighted by atomic mass is 9.99. The quantitative estimate of drug-likeness (QED) is 0.0222. The van der Waals surface area contributed by atoms with E-state index in [1.165, 1.54) is 199 Å². The van der Waals surface area contributed by atoms with Crippen LogP contribution in [0.2, 0.25) is 0 Å². The molecule has 5 unspecified atom stereocenters. The molecule has 0 aliphatic carbocycles. The van der Waals surface area contributed by atoms with Crippen molar-refractivity contribution in [2.24, 2.45) is 23.7 Å². The van der Waals surface area contributed by atoms with Crippen molar-refractivity contribution in [2.45, 2.75) is 420 Å². The van der Waals surface area contributed by atoms with Crippen LogP contribution in [0.3, 0.4) is 0 Å². The Morgan fingerprint density at radius 2 is 0.490 bits per heavy atom. The Bertz CT molecular complexity index is 1930. The molecule has 8 atom stereocenters. The van der Waals surface area contributed by atoms with E-state index in [4.69, 9.17) is 37.0 Å². The smallest absolute Gasteiger partial charge is 0.462 e. The average Bonchev–Trinajstić information content (AvgIpc) is 1.07. The second-order valence-corrected chi connectivity index (χ2v) is 32.6. The van der Waals surface area contributed by atoms with Crippen LogP contribution < -0.4 is 0 Å². The zero-order valence-electron chi connectivity index (χ0n) is 64.4. The lowest BCUT2D eigenvalue weighted by Gasteiger charge is -2.21. The molecule has 0 radical (unpaired) electrons. The first-order valence-corrected chi connectivity index (χ1v) is 43.8. The minimum Gasteiger partial charge on any atom is -0.462 e. The van der Waals surface area contributed by atoms with E-state index >= 15 is 0 Å². The summed E-state index contributed by atoms with van der Waals surface area (Å²) in [5, 5.41) is 10.6. The fraction of sp³-hybridized carbons (Fsp3) is 0.949. The number of hydrogen-bond donors (Lipinski definition) is 3. The summed E-state index contributed by atoms with van der Waals surface area (Å²) in [5.41, 5.74) is 0. The minimum absolute atomic E-state index is 0.105. The van der Waals surface area contributed by atoms with Crippen LogP contribution in [0.25, 0.3) is 0 Å². The van der Waals surface area contributed by atoms with Crippen LogP contribution in [-0.4, -0.2) is 96.7 Å². The molecular formula is C79H154O17P2. The second kappa shape index (κ2) is 68.2. The van der Waals surface area contributed by atoms with Gasteiger partial charge in [0.05, 0.1) is 26.4 Å². The van der Waals surface area contributed by atoms with Gasteiger partial charge in [-0.05, 0) is 49.4 Å². The molecule has 0 saturated heterocycles. The molecule has 0 aromatic carbocycles. The van der Waals surface area contributed by atoms with Crippen molar-refractivity contribution in [1.29, 1.82) is 0 Å². The number of ether oxygens (including phenoxy) is 4. The number of rotatable bonds is 76. The van der Waals surface area contributed by atoms with Crippen molar-refractivity contribution < 1.29 is 80.2 Å². The Balaban J connectivity index is 5.18. The maximum atomic E-state index is 13.1. The lowest BCUT2D eigenvalue weighted by molar-refractivity contribution is -0.161. The Morgan fingerprint density at radius 1 is 0.286 bits per heavy atom. The van der Waals surface area contributed by atoms with Crippen LogP contribution in [0.15, 0.2) is 0 Å². The Morgan fingerprint density at radius 3 is 0.724 bits per heavy atom. The molecule has 0 aromatic heterocycles. The molecular weight excluding hydrogens is 1280 g/mol. The van der Waals surface area contributed by atoms with Gasteiger partial charge < -0.3 is 33.8 Å². The first-order chi connectivity index (χ1) is 47.2. The highest BCUT2D eigenvalue weighted by atomic mass is 31.2. The molecule has 0 rings (SSSR count). The lowest BCUT2D eigenvalue weighted by Crippen LogP contribution is -2.30. The van der Waals surface area contributed by atoms with Gasteiger partial charge >= 0.3 is 39.5 Å². The molecule has 0 bridgehead atoms. The van der Waals surface area contributed by atoms with Crippen molar-refractivity contribution in [3.8, 4) is 0 Å². The van der Waals surface area contributed by atoms with Crippen LogP contribution in [0.4, 0.5) is 0 Å². The summed E-state index contributed by atoms with van der Waals surface area (Å²) in [6.45, 7) is 14.2. The van der Waals surface area contributed by atoms with E-state index in [0.29, 0.717) is 25.7 Å². The van der Waals surface area contributed by atoms with Crippen molar-refractivity contribution in [3.05, 3.63) is 0 Å². The number of carbonyl (C=O) groups is 4. The molecule has 3 N–H and O–H groups in total. The van der Waals surface area contributed by atoms with Gasteiger partial charge in [-0.2, -0.15) is 0 Å². The average molecular weight is 1440 g/mol. The first kappa shape index (κ1) is 96.1. The van der Waals surface area contributed by atoms with E-state index < -0.39 is 97.5 Å². The minimum atomic E-state index is -4.96. The Hall–Kier alpha value is -1.94. The molecule has 582 valence electrons. The summed E-state index contributed by atoms with van der Waals surface area (Å²) >= 11 is 0. The van der Waals surface area contributed by atoms with Crippen LogP contribution in [0.1, 0.15) is 402 Å². The SMILES string of the molecule is CCC(C)CCCCCCCCCCCCCCCCCCCCC(=O)OC[C@H](COP(=O)(O)OC[C@@H](O)COP(=O)(O)OC[C@@H](COC(=O)CCCCCCCCC(C)CC)OC(=O)CCCCCCCCCCCCC(C)CC)OC(=O)CCCCCCCCCCCC(C)C. The van der Waals surface area contributed by atoms with Crippen LogP contribution in [-0.2, 0) is 65.4 Å². The third kappa shape index (κ3) is 68.5. The van der Waals surface area contributed by atoms with E-state index in [-0.39, 0.29) is 25.7 Å². The highest BCUT2D eigenvalue weighted by molar-refractivity contribution is 7.47. The standard InChI is InChI=1S/C79H154O17P2/c1-9-70(6)56-48-40-32-26-20-18-16-14-12-13-15-17-19-21-28-34-43-51-59-76(81)89-65-74(95-79(84)62-54-46-36-30-24-25-31-39-47-55-69(4)5)67-93-97(85,86)91-63-73(80)64-92-98(87,88)94-68-75(66-90-77(82)60-52-44-38-37-42-50-58-72(8)11-3)96-78(83)61-53-45-35-29-23-22-27-33-41-49-57-71(7)10-2/h69-75,80H,9-68H2,1-8H3,(H,85,86)(H,87,88)/t70?,71?,72?,73-,74-,75-/m1/s1. The van der Waals surface area contributed by atoms with Crippen LogP contribution in [0, 0.1) is 23.7 Å². The fourth-order valence-corrected chi connectivity index (χ4v) is 13.6. The topological polar surface area (TPSA) is 237 Å². The molecule has 0 saturated carbocycles. The predicted molar refractivity (Wildman–Crippen MR) is 400 cm³/mol. The normalized spacial score (nSPS) is 14.9. The molecule has 0 heterocycles. The van der Waals surface area contributed by atoms with E-state index in [0.717, 1.165) is 120 Å². The highest BCUT2D eigenvalue weighted by Crippen LogP contribution is 2.45. The number of esters is 4. The summed E-state index contributed by atoms with van der Waals surface area (Å²) in [6, 6.07) is 0. The van der Waals surface area contributed by atoms with E-state index in [2.05, 4.69) is 55.4 Å². The molecule has 0 aliphatic rings. The number of hydrogen-bond acceptors (Lipinski definition) is 15. The third-order valence-corrected chi connectivity index (χ3v) is 21.3. The van der Waals surface area contributed by atoms with Gasteiger partial charge in [0.25, 0.3) is 0 Å². The summed E-state index contributed by atoms with van der Waals surface area (Å²) in [6.07, 6.45) is 54.2. The van der Waals surface area contributed by atoms with Gasteiger partial charge in [-0.25, -0.2) is 9.13 Å². The molecule has 0 aromatic rings. The largest absolute Gasteiger partial charge is 0.472 e. The van der Waals surface area contributed by atoms with Gasteiger partial charge in [-0.15, -0.1) is 0 Å². The van der Waals surface area contributed by atoms with Gasteiger partial charge in [-0.1, -0.05) is 351 Å². The maximum Gasteiger partial charge on any atom is 0.472 e. The van der Waals surface area contributed by atoms with Gasteiger partial charge in [-0.3, -0.25) is 37.3 Å². The van der Waals surface area contributed by atoms with Gasteiger partial charge in [0, 0.05) is 25.7 Å². The summed E-state index contributed by atoms with van der Waals surface area (Å²) in [5.74, 6) is 1.02. The molecule has 0 spiro atoms. The summed E-state index contributed by atoms with van der Waals surface area (Å²) in [7, 11) is -9.92. The summed E-state index contributed by atoms with van der Waals surface area (Å²) in [4.78, 5) is 72.9. The van der Waals surface area contributed by atoms with E-state index in [1.54, 1.807) is 0 Å². The van der Waals surface area contributed by atoms with E-state index in [1.807, 2.05) is 0 Å². The maximum absolute atomic E-state index is 13.1. The van der Waals surface area contributed by atoms with Gasteiger partial charge in [0.1, 0.15) is 19.3 Å². The monoisotopic (exact) mass is 1440 g/mol. The molecule has 19 heteroatoms. The number of aliphatic hydroxyl groups is 1. The zero-order chi connectivity index (χ0) is 72.4. The molecule has 98 heavy (non-hydrogen) atoms. The van der Waals surface area contributed by atoms with Crippen molar-refractivity contribution in [2.75, 3.05) is 39.6 Å². The summed E-state index contributed by atoms with van der Waals surface area (Å²) < 4.78 is 68.6. The Kier molecular flexibility index (Phi) is 66.8. The highest BCUT2D eigenvalue weighted by Gasteiger charge is 2.30. The van der Waals surface area contributed by atoms with E-state index in [9.17, 15) is 43.2 Å². The fourth-order valence-electron chi connectivity index (χ4n) is 12.0. The third-order valence-electron chi connectivity index (χ3n) is 19.4. The second-order valence-electron chi connectivity index (χ2n) is 29.7. The van der Waals surface area contributed by atoms with Crippen molar-refractivity contribution in [1.82, 2.24) is 0 Å². The molecule has 0 aliphatic heterocycles. The molecule has 0 amide bonds. The number of phosphoric acid groups is 2. The van der Waals surface area contributed by atoms with Crippen LogP contribution in [0.5, 0.6) is 0 Å². The first-order valence-electron chi connectivity index (χ1n) is 40.8. The molecule has 0 fully saturated rings. The van der Waals surface area contributed by atoms with Gasteiger partial charge in [0.15, 0.2) is 12.2 Å². The van der Waals surface area contributed by atoms with Gasteiger partial charge in [0.2, 0.25) is 0 Å². The zero-order valence-corrected chi connectivity index (χ0v) is 66.2. The van der Waals surface area contributed by atoms with Crippen molar-refractivity contribution >= 4 is 39.5 Å². The van der Waals surface area contributed by atoms with Crippen LogP contribution >= 0.6 is 15.6 Å². The van der Waals surface area contributed by atoms with Crippen molar-refractivity contribution in [3.63, 3.8) is 0 Å². The number of phosphoric ester groups is 2. The number of carbonyl (C=O) groups excluding carboxylic acids is 4. The molecule has 17 nitrogen and oxygen atoms in total. The predicted octanol–water partition coefficient (Wildman–Crippen LogP) is 23.2. The number of unbranched alkanes of at least 4 members (excludes halogenated alkanes) is 39. The number of aliphatic hydroxyl groups excluding tert-OH is 1.